The average Bonchev–Trinajstić information content (AvgIpc) is 2.75. The van der Waals surface area contributed by atoms with Crippen LogP contribution in [-0.2, 0) is 11.1 Å². The maximum absolute atomic E-state index is 14.8. The van der Waals surface area contributed by atoms with Gasteiger partial charge in [0.1, 0.15) is 12.3 Å². The van der Waals surface area contributed by atoms with Crippen LogP contribution in [0.2, 0.25) is 0 Å². The van der Waals surface area contributed by atoms with Gasteiger partial charge in [0.2, 0.25) is 5.95 Å². The Hall–Kier alpha value is -3.11. The van der Waals surface area contributed by atoms with E-state index in [-0.39, 0.29) is 33.9 Å². The van der Waals surface area contributed by atoms with Gasteiger partial charge < -0.3 is 19.5 Å². The van der Waals surface area contributed by atoms with Crippen molar-refractivity contribution < 1.29 is 22.3 Å². The molecular formula is C21H20F2N4O3S. The molecule has 7 nitrogen and oxygen atoms in total. The number of ether oxygens (including phenoxy) is 1. The van der Waals surface area contributed by atoms with Crippen molar-refractivity contribution >= 4 is 28.4 Å². The molecule has 0 spiro atoms. The molecule has 2 aromatic carbocycles. The van der Waals surface area contributed by atoms with E-state index in [1.165, 1.54) is 18.2 Å². The average molecular weight is 446 g/mol. The number of nitrogens with one attached hydrogen (secondary N) is 1. The van der Waals surface area contributed by atoms with Crippen molar-refractivity contribution in [2.75, 3.05) is 23.4 Å². The quantitative estimate of drug-likeness (QED) is 0.563. The van der Waals surface area contributed by atoms with E-state index in [9.17, 15) is 13.0 Å². The Kier molecular flexibility index (Phi) is 5.84. The van der Waals surface area contributed by atoms with Crippen LogP contribution >= 0.6 is 0 Å². The Bertz CT molecular complexity index is 1140. The third-order valence-corrected chi connectivity index (χ3v) is 5.54. The van der Waals surface area contributed by atoms with Gasteiger partial charge in [-0.25, -0.2) is 23.0 Å². The first-order valence-electron chi connectivity index (χ1n) is 9.57. The molecule has 2 N–H and O–H groups in total. The van der Waals surface area contributed by atoms with Crippen LogP contribution in [0, 0.1) is 11.6 Å². The molecule has 0 saturated heterocycles. The lowest BCUT2D eigenvalue weighted by Gasteiger charge is -2.34. The number of fused-ring (bicyclic) bond motifs is 1. The van der Waals surface area contributed by atoms with Crippen molar-refractivity contribution in [2.24, 2.45) is 0 Å². The van der Waals surface area contributed by atoms with Gasteiger partial charge in [0.25, 0.3) is 0 Å². The van der Waals surface area contributed by atoms with Crippen molar-refractivity contribution in [3.05, 3.63) is 54.2 Å². The van der Waals surface area contributed by atoms with Gasteiger partial charge in [0, 0.05) is 17.3 Å². The van der Waals surface area contributed by atoms with Crippen LogP contribution in [0.5, 0.6) is 5.75 Å². The zero-order valence-electron chi connectivity index (χ0n) is 16.8. The first-order chi connectivity index (χ1) is 14.8. The van der Waals surface area contributed by atoms with E-state index in [0.29, 0.717) is 24.5 Å². The fourth-order valence-electron chi connectivity index (χ4n) is 3.39. The first kappa shape index (κ1) is 21.1. The molecule has 10 heteroatoms. The number of anilines is 3. The van der Waals surface area contributed by atoms with E-state index >= 15 is 0 Å². The lowest BCUT2D eigenvalue weighted by molar-refractivity contribution is 0.287. The van der Waals surface area contributed by atoms with Crippen molar-refractivity contribution in [3.63, 3.8) is 0 Å². The lowest BCUT2D eigenvalue weighted by atomic mass is 10.1. The fourth-order valence-corrected chi connectivity index (χ4v) is 3.76. The molecule has 3 aromatic rings. The molecule has 2 heterocycles. The second kappa shape index (κ2) is 8.56. The molecule has 0 fully saturated rings. The molecule has 0 saturated carbocycles. The highest BCUT2D eigenvalue weighted by molar-refractivity contribution is 7.79. The van der Waals surface area contributed by atoms with Gasteiger partial charge in [-0.1, -0.05) is 0 Å². The first-order valence-corrected chi connectivity index (χ1v) is 10.7. The Labute approximate surface area is 180 Å². The molecule has 31 heavy (non-hydrogen) atoms. The summed E-state index contributed by atoms with van der Waals surface area (Å²) in [6.07, 6.45) is 1.01. The predicted octanol–water partition coefficient (Wildman–Crippen LogP) is 4.35. The molecule has 1 aromatic heterocycles. The number of aromatic nitrogens is 2. The van der Waals surface area contributed by atoms with Gasteiger partial charge in [0.05, 0.1) is 23.3 Å². The van der Waals surface area contributed by atoms with E-state index in [1.54, 1.807) is 18.2 Å². The van der Waals surface area contributed by atoms with E-state index in [2.05, 4.69) is 15.3 Å². The Morgan fingerprint density at radius 3 is 2.61 bits per heavy atom. The van der Waals surface area contributed by atoms with Gasteiger partial charge >= 0.3 is 0 Å². The summed E-state index contributed by atoms with van der Waals surface area (Å²) in [4.78, 5) is 10.4. The third kappa shape index (κ3) is 4.35. The molecule has 0 aliphatic carbocycles. The van der Waals surface area contributed by atoms with Gasteiger partial charge in [-0.15, -0.1) is 0 Å². The third-order valence-electron chi connectivity index (χ3n) is 4.87. The zero-order chi connectivity index (χ0) is 22.1. The molecule has 0 bridgehead atoms. The minimum atomic E-state index is -2.08. The summed E-state index contributed by atoms with van der Waals surface area (Å²) < 4.78 is 55.0. The molecule has 4 rings (SSSR count). The van der Waals surface area contributed by atoms with Crippen LogP contribution in [0.15, 0.2) is 47.5 Å². The van der Waals surface area contributed by atoms with Gasteiger partial charge in [-0.3, -0.25) is 0 Å². The maximum atomic E-state index is 14.8. The molecule has 0 amide bonds. The second-order valence-corrected chi connectivity index (χ2v) is 8.20. The van der Waals surface area contributed by atoms with Crippen LogP contribution in [0.1, 0.15) is 13.8 Å². The standard InChI is InChI=1S/C21H20F2N4O3S/c1-12(2)27-7-8-30-20-16(22)9-13(10-18(20)27)19-17(23)11-24-21(26-19)25-14-3-5-15(6-4-14)31(28)29/h3-6,9-12H,7-8H2,1-2H3,(H,28,29)(H,24,25,26). The summed E-state index contributed by atoms with van der Waals surface area (Å²) in [7, 11) is 0. The van der Waals surface area contributed by atoms with Gasteiger partial charge in [-0.2, -0.15) is 0 Å². The van der Waals surface area contributed by atoms with Crippen LogP contribution in [0.3, 0.4) is 0 Å². The highest BCUT2D eigenvalue weighted by Crippen LogP contribution is 2.39. The van der Waals surface area contributed by atoms with Gasteiger partial charge in [0.15, 0.2) is 28.5 Å². The molecule has 1 aliphatic rings. The maximum Gasteiger partial charge on any atom is 0.227 e. The van der Waals surface area contributed by atoms with Crippen LogP contribution in [0.25, 0.3) is 11.3 Å². The number of nitrogens with zero attached hydrogens (tertiary/aromatic N) is 3. The summed E-state index contributed by atoms with van der Waals surface area (Å²) in [5.74, 6) is -1.02. The van der Waals surface area contributed by atoms with Crippen molar-refractivity contribution in [1.82, 2.24) is 9.97 Å². The van der Waals surface area contributed by atoms with Crippen LogP contribution in [-0.4, -0.2) is 37.9 Å². The molecule has 1 aliphatic heterocycles. The second-order valence-electron chi connectivity index (χ2n) is 7.23. The topological polar surface area (TPSA) is 87.6 Å². The van der Waals surface area contributed by atoms with E-state index in [4.69, 9.17) is 9.29 Å². The summed E-state index contributed by atoms with van der Waals surface area (Å²) >= 11 is -2.08. The molecule has 1 unspecified atom stereocenters. The van der Waals surface area contributed by atoms with Gasteiger partial charge in [-0.05, 0) is 50.2 Å². The molecule has 1 atom stereocenters. The summed E-state index contributed by atoms with van der Waals surface area (Å²) in [6.45, 7) is 4.95. The fraction of sp³-hybridized carbons (Fsp3) is 0.238. The number of halogens is 2. The van der Waals surface area contributed by atoms with Crippen LogP contribution < -0.4 is 15.0 Å². The highest BCUT2D eigenvalue weighted by atomic mass is 32.2. The minimum absolute atomic E-state index is 0.0541. The monoisotopic (exact) mass is 446 g/mol. The predicted molar refractivity (Wildman–Crippen MR) is 114 cm³/mol. The SMILES string of the molecule is CC(C)N1CCOc2c(F)cc(-c3nc(Nc4ccc(S(=O)O)cc4)ncc3F)cc21. The summed E-state index contributed by atoms with van der Waals surface area (Å²) in [5, 5.41) is 2.91. The van der Waals surface area contributed by atoms with Crippen molar-refractivity contribution in [2.45, 2.75) is 24.8 Å². The molecular weight excluding hydrogens is 426 g/mol. The number of rotatable bonds is 5. The summed E-state index contributed by atoms with van der Waals surface area (Å²) in [5.41, 5.74) is 1.31. The molecule has 0 radical (unpaired) electrons. The number of hydrogen-bond donors (Lipinski definition) is 2. The van der Waals surface area contributed by atoms with Crippen LogP contribution in [0.4, 0.5) is 26.1 Å². The highest BCUT2D eigenvalue weighted by Gasteiger charge is 2.25. The Morgan fingerprint density at radius 1 is 1.19 bits per heavy atom. The van der Waals surface area contributed by atoms with E-state index in [1.807, 2.05) is 18.7 Å². The zero-order valence-corrected chi connectivity index (χ0v) is 17.6. The summed E-state index contributed by atoms with van der Waals surface area (Å²) in [6, 6.07) is 9.07. The Balaban J connectivity index is 1.69. The van der Waals surface area contributed by atoms with E-state index < -0.39 is 22.7 Å². The number of hydrogen-bond acceptors (Lipinski definition) is 6. The number of benzene rings is 2. The Morgan fingerprint density at radius 2 is 1.94 bits per heavy atom. The minimum Gasteiger partial charge on any atom is -0.486 e. The van der Waals surface area contributed by atoms with Crippen molar-refractivity contribution in [3.8, 4) is 17.0 Å². The van der Waals surface area contributed by atoms with E-state index in [0.717, 1.165) is 6.20 Å². The largest absolute Gasteiger partial charge is 0.486 e. The molecule has 162 valence electrons. The smallest absolute Gasteiger partial charge is 0.227 e. The lowest BCUT2D eigenvalue weighted by Crippen LogP contribution is -2.38. The van der Waals surface area contributed by atoms with Crippen molar-refractivity contribution in [1.29, 1.82) is 0 Å². The normalized spacial score (nSPS) is 14.2.